The molecule has 1 aliphatic heterocycles. The van der Waals surface area contributed by atoms with Crippen LogP contribution in [0.4, 0.5) is 10.1 Å². The predicted octanol–water partition coefficient (Wildman–Crippen LogP) is 4.32. The number of allylic oxidation sites excluding steroid dienone is 1. The highest BCUT2D eigenvalue weighted by atomic mass is 35.5. The molecule has 0 radical (unpaired) electrons. The van der Waals surface area contributed by atoms with Crippen molar-refractivity contribution >= 4 is 17.3 Å². The molecule has 1 aliphatic rings. The van der Waals surface area contributed by atoms with E-state index < -0.39 is 0 Å². The molecule has 1 aromatic carbocycles. The highest BCUT2D eigenvalue weighted by Gasteiger charge is 2.19. The molecule has 0 aromatic heterocycles. The lowest BCUT2D eigenvalue weighted by molar-refractivity contribution is 0.239. The molecule has 0 spiro atoms. The Kier molecular flexibility index (Phi) is 5.44. The van der Waals surface area contributed by atoms with Gasteiger partial charge >= 0.3 is 0 Å². The minimum atomic E-state index is -0.346. The van der Waals surface area contributed by atoms with Gasteiger partial charge in [-0.15, -0.1) is 0 Å². The molecule has 2 rings (SSSR count). The normalized spacial score (nSPS) is 17.0. The van der Waals surface area contributed by atoms with E-state index in [4.69, 9.17) is 11.6 Å². The molecule has 1 saturated heterocycles. The van der Waals surface area contributed by atoms with Crippen molar-refractivity contribution in [2.24, 2.45) is 0 Å². The van der Waals surface area contributed by atoms with Crippen molar-refractivity contribution in [3.8, 4) is 0 Å². The Morgan fingerprint density at radius 3 is 2.75 bits per heavy atom. The third kappa shape index (κ3) is 4.22. The van der Waals surface area contributed by atoms with Gasteiger partial charge in [-0.1, -0.05) is 29.3 Å². The zero-order valence-electron chi connectivity index (χ0n) is 12.1. The van der Waals surface area contributed by atoms with Gasteiger partial charge in [-0.25, -0.2) is 4.39 Å². The molecule has 0 atom stereocenters. The minimum absolute atomic E-state index is 0.177. The number of halogens is 2. The van der Waals surface area contributed by atoms with Gasteiger partial charge in [-0.2, -0.15) is 0 Å². The number of rotatable bonds is 4. The van der Waals surface area contributed by atoms with Crippen LogP contribution in [0.1, 0.15) is 26.7 Å². The summed E-state index contributed by atoms with van der Waals surface area (Å²) in [4.78, 5) is 2.43. The number of hydrogen-bond donors (Lipinski definition) is 1. The van der Waals surface area contributed by atoms with Crippen LogP contribution >= 0.6 is 11.6 Å². The Hall–Kier alpha value is -1.06. The lowest BCUT2D eigenvalue weighted by Crippen LogP contribution is -2.39. The van der Waals surface area contributed by atoms with Gasteiger partial charge < -0.3 is 5.32 Å². The number of nitrogens with one attached hydrogen (secondary N) is 1. The second-order valence-electron chi connectivity index (χ2n) is 5.60. The molecule has 0 amide bonds. The number of likely N-dealkylation sites (tertiary alicyclic amines) is 1. The number of nitrogens with zero attached hydrogens (tertiary/aromatic N) is 1. The third-order valence-corrected chi connectivity index (χ3v) is 3.95. The zero-order chi connectivity index (χ0) is 14.5. The maximum Gasteiger partial charge on any atom is 0.164 e. The number of benzene rings is 1. The molecule has 0 unspecified atom stereocenters. The first-order valence-corrected chi connectivity index (χ1v) is 7.50. The molecule has 0 aliphatic carbocycles. The van der Waals surface area contributed by atoms with Crippen molar-refractivity contribution in [1.29, 1.82) is 0 Å². The lowest BCUT2D eigenvalue weighted by atomic mass is 10.0. The standard InChI is InChI=1S/C16H22ClFN2/c1-12(2)6-9-20-10-7-13(8-11-20)19-15-5-3-4-14(17)16(15)18/h3-6,13,19H,7-11H2,1-2H3. The van der Waals surface area contributed by atoms with E-state index in [9.17, 15) is 4.39 Å². The van der Waals surface area contributed by atoms with Gasteiger partial charge in [0.05, 0.1) is 10.7 Å². The maximum atomic E-state index is 13.8. The van der Waals surface area contributed by atoms with Gasteiger partial charge in [-0.3, -0.25) is 4.90 Å². The Morgan fingerprint density at radius 1 is 1.40 bits per heavy atom. The van der Waals surface area contributed by atoms with Gasteiger partial charge in [0.25, 0.3) is 0 Å². The number of hydrogen-bond acceptors (Lipinski definition) is 2. The Morgan fingerprint density at radius 2 is 2.10 bits per heavy atom. The molecular formula is C16H22ClFN2. The van der Waals surface area contributed by atoms with E-state index in [2.05, 4.69) is 30.1 Å². The van der Waals surface area contributed by atoms with Crippen molar-refractivity contribution in [3.05, 3.63) is 40.7 Å². The Bertz CT molecular complexity index is 475. The number of anilines is 1. The van der Waals surface area contributed by atoms with Crippen LogP contribution in [0.5, 0.6) is 0 Å². The molecule has 1 heterocycles. The monoisotopic (exact) mass is 296 g/mol. The summed E-state index contributed by atoms with van der Waals surface area (Å²) in [6.07, 6.45) is 4.31. The van der Waals surface area contributed by atoms with E-state index in [1.54, 1.807) is 18.2 Å². The summed E-state index contributed by atoms with van der Waals surface area (Å²) in [7, 11) is 0. The van der Waals surface area contributed by atoms with Crippen molar-refractivity contribution < 1.29 is 4.39 Å². The van der Waals surface area contributed by atoms with Crippen LogP contribution < -0.4 is 5.32 Å². The summed E-state index contributed by atoms with van der Waals surface area (Å²) in [5.41, 5.74) is 1.87. The van der Waals surface area contributed by atoms with Crippen LogP contribution in [0.2, 0.25) is 5.02 Å². The molecule has 1 N–H and O–H groups in total. The van der Waals surface area contributed by atoms with E-state index in [0.29, 0.717) is 11.7 Å². The first-order chi connectivity index (χ1) is 9.56. The number of piperidine rings is 1. The smallest absolute Gasteiger partial charge is 0.164 e. The fourth-order valence-corrected chi connectivity index (χ4v) is 2.58. The average molecular weight is 297 g/mol. The third-order valence-electron chi connectivity index (χ3n) is 3.66. The lowest BCUT2D eigenvalue weighted by Gasteiger charge is -2.32. The quantitative estimate of drug-likeness (QED) is 0.832. The molecule has 0 bridgehead atoms. The van der Waals surface area contributed by atoms with Gasteiger partial charge in [-0.05, 0) is 38.8 Å². The molecule has 0 saturated carbocycles. The van der Waals surface area contributed by atoms with Crippen LogP contribution in [-0.4, -0.2) is 30.6 Å². The van der Waals surface area contributed by atoms with E-state index in [1.807, 2.05) is 0 Å². The summed E-state index contributed by atoms with van der Waals surface area (Å²) in [6, 6.07) is 5.42. The topological polar surface area (TPSA) is 15.3 Å². The van der Waals surface area contributed by atoms with Crippen molar-refractivity contribution in [2.75, 3.05) is 25.0 Å². The van der Waals surface area contributed by atoms with Crippen molar-refractivity contribution in [2.45, 2.75) is 32.7 Å². The summed E-state index contributed by atoms with van der Waals surface area (Å²) >= 11 is 5.80. The van der Waals surface area contributed by atoms with E-state index in [-0.39, 0.29) is 10.8 Å². The van der Waals surface area contributed by atoms with Crippen LogP contribution in [0.15, 0.2) is 29.8 Å². The van der Waals surface area contributed by atoms with Crippen molar-refractivity contribution in [1.82, 2.24) is 4.90 Å². The maximum absolute atomic E-state index is 13.8. The highest BCUT2D eigenvalue weighted by molar-refractivity contribution is 6.31. The average Bonchev–Trinajstić information content (AvgIpc) is 2.43. The highest BCUT2D eigenvalue weighted by Crippen LogP contribution is 2.24. The molecule has 20 heavy (non-hydrogen) atoms. The first-order valence-electron chi connectivity index (χ1n) is 7.12. The van der Waals surface area contributed by atoms with Gasteiger partial charge in [0, 0.05) is 25.7 Å². The summed E-state index contributed by atoms with van der Waals surface area (Å²) in [6.45, 7) is 7.35. The molecule has 110 valence electrons. The minimum Gasteiger partial charge on any atom is -0.380 e. The Balaban J connectivity index is 1.85. The Labute approximate surface area is 125 Å². The summed E-state index contributed by atoms with van der Waals surface area (Å²) in [5.74, 6) is -0.346. The largest absolute Gasteiger partial charge is 0.380 e. The van der Waals surface area contributed by atoms with Gasteiger partial charge in [0.1, 0.15) is 0 Å². The van der Waals surface area contributed by atoms with Gasteiger partial charge in [0.2, 0.25) is 0 Å². The second-order valence-corrected chi connectivity index (χ2v) is 6.01. The van der Waals surface area contributed by atoms with Crippen LogP contribution in [0, 0.1) is 5.82 Å². The van der Waals surface area contributed by atoms with Gasteiger partial charge in [0.15, 0.2) is 5.82 Å². The van der Waals surface area contributed by atoms with E-state index >= 15 is 0 Å². The fraction of sp³-hybridized carbons (Fsp3) is 0.500. The molecule has 1 fully saturated rings. The summed E-state index contributed by atoms with van der Waals surface area (Å²) < 4.78 is 13.8. The molecule has 1 aromatic rings. The zero-order valence-corrected chi connectivity index (χ0v) is 12.9. The molecule has 2 nitrogen and oxygen atoms in total. The predicted molar refractivity (Wildman–Crippen MR) is 83.9 cm³/mol. The molecular weight excluding hydrogens is 275 g/mol. The first kappa shape index (κ1) is 15.3. The molecule has 4 heteroatoms. The second kappa shape index (κ2) is 7.09. The fourth-order valence-electron chi connectivity index (χ4n) is 2.41. The van der Waals surface area contributed by atoms with Crippen LogP contribution in [0.3, 0.4) is 0 Å². The van der Waals surface area contributed by atoms with Crippen LogP contribution in [-0.2, 0) is 0 Å². The van der Waals surface area contributed by atoms with Crippen LogP contribution in [0.25, 0.3) is 0 Å². The summed E-state index contributed by atoms with van der Waals surface area (Å²) in [5, 5.41) is 3.45. The van der Waals surface area contributed by atoms with E-state index in [0.717, 1.165) is 32.5 Å². The van der Waals surface area contributed by atoms with E-state index in [1.165, 1.54) is 5.57 Å². The SMILES string of the molecule is CC(C)=CCN1CCC(Nc2cccc(Cl)c2F)CC1. The van der Waals surface area contributed by atoms with Crippen molar-refractivity contribution in [3.63, 3.8) is 0 Å².